The summed E-state index contributed by atoms with van der Waals surface area (Å²) in [5.74, 6) is 1.05. The summed E-state index contributed by atoms with van der Waals surface area (Å²) in [6.07, 6.45) is 3.89. The number of benzene rings is 2. The van der Waals surface area contributed by atoms with Gasteiger partial charge in [-0.15, -0.1) is 0 Å². The fraction of sp³-hybridized carbons (Fsp3) is 0.286. The first-order valence-electron chi connectivity index (χ1n) is 8.60. The lowest BCUT2D eigenvalue weighted by molar-refractivity contribution is 0.309. The van der Waals surface area contributed by atoms with Crippen LogP contribution in [-0.2, 0) is 19.6 Å². The van der Waals surface area contributed by atoms with Crippen molar-refractivity contribution in [2.45, 2.75) is 19.6 Å². The second-order valence-electron chi connectivity index (χ2n) is 6.78. The normalized spacial score (nSPS) is 11.4. The number of para-hydroxylation sites is 1. The van der Waals surface area contributed by atoms with E-state index in [1.165, 1.54) is 11.1 Å². The van der Waals surface area contributed by atoms with Gasteiger partial charge < -0.3 is 9.47 Å². The van der Waals surface area contributed by atoms with Crippen LogP contribution < -0.4 is 0 Å². The Morgan fingerprint density at radius 3 is 2.08 bits per heavy atom. The van der Waals surface area contributed by atoms with Gasteiger partial charge in [0, 0.05) is 31.2 Å². The summed E-state index contributed by atoms with van der Waals surface area (Å²) in [5.41, 5.74) is 3.82. The van der Waals surface area contributed by atoms with Crippen molar-refractivity contribution in [1.82, 2.24) is 19.4 Å². The van der Waals surface area contributed by atoms with Crippen LogP contribution in [0.1, 0.15) is 17.0 Å². The lowest BCUT2D eigenvalue weighted by Crippen LogP contribution is -2.20. The van der Waals surface area contributed by atoms with Gasteiger partial charge in [0.15, 0.2) is 0 Å². The summed E-state index contributed by atoms with van der Waals surface area (Å²) in [5, 5.41) is 0. The first-order valence-corrected chi connectivity index (χ1v) is 8.60. The first kappa shape index (κ1) is 17.4. The third-order valence-electron chi connectivity index (χ3n) is 4.14. The molecule has 1 aromatic heterocycles. The highest BCUT2D eigenvalue weighted by atomic mass is 15.2. The molecule has 25 heavy (non-hydrogen) atoms. The SMILES string of the molecule is CN(C)Cc1ccc(CN(C)Cc2nccn2-c2ccccc2)cc1. The molecule has 0 aliphatic carbocycles. The summed E-state index contributed by atoms with van der Waals surface area (Å²) >= 11 is 0. The average Bonchev–Trinajstić information content (AvgIpc) is 3.05. The van der Waals surface area contributed by atoms with Crippen LogP contribution in [0.5, 0.6) is 0 Å². The lowest BCUT2D eigenvalue weighted by atomic mass is 10.1. The van der Waals surface area contributed by atoms with E-state index in [1.54, 1.807) is 0 Å². The zero-order valence-electron chi connectivity index (χ0n) is 15.3. The van der Waals surface area contributed by atoms with Crippen molar-refractivity contribution in [3.8, 4) is 5.69 Å². The van der Waals surface area contributed by atoms with Crippen molar-refractivity contribution in [2.24, 2.45) is 0 Å². The molecule has 0 spiro atoms. The number of nitrogens with zero attached hydrogens (tertiary/aromatic N) is 4. The van der Waals surface area contributed by atoms with Crippen LogP contribution in [0.25, 0.3) is 5.69 Å². The Hall–Kier alpha value is -2.43. The van der Waals surface area contributed by atoms with E-state index in [2.05, 4.69) is 89.0 Å². The van der Waals surface area contributed by atoms with Crippen LogP contribution in [-0.4, -0.2) is 40.5 Å². The molecule has 0 aliphatic heterocycles. The summed E-state index contributed by atoms with van der Waals surface area (Å²) in [6.45, 7) is 2.69. The molecular formula is C21H26N4. The topological polar surface area (TPSA) is 24.3 Å². The highest BCUT2D eigenvalue weighted by Gasteiger charge is 2.08. The van der Waals surface area contributed by atoms with Crippen LogP contribution in [0.4, 0.5) is 0 Å². The summed E-state index contributed by atoms with van der Waals surface area (Å²) in [4.78, 5) is 9.02. The second kappa shape index (κ2) is 8.10. The van der Waals surface area contributed by atoms with Crippen LogP contribution in [0.3, 0.4) is 0 Å². The molecule has 0 N–H and O–H groups in total. The van der Waals surface area contributed by atoms with E-state index in [9.17, 15) is 0 Å². The highest BCUT2D eigenvalue weighted by molar-refractivity contribution is 5.32. The van der Waals surface area contributed by atoms with Gasteiger partial charge in [0.1, 0.15) is 5.82 Å². The molecule has 3 aromatic rings. The van der Waals surface area contributed by atoms with Gasteiger partial charge in [-0.1, -0.05) is 42.5 Å². The number of rotatable bonds is 7. The second-order valence-corrected chi connectivity index (χ2v) is 6.78. The molecule has 4 heteroatoms. The Morgan fingerprint density at radius 1 is 0.800 bits per heavy atom. The molecule has 0 amide bonds. The Morgan fingerprint density at radius 2 is 1.44 bits per heavy atom. The maximum Gasteiger partial charge on any atom is 0.127 e. The van der Waals surface area contributed by atoms with Gasteiger partial charge in [0.25, 0.3) is 0 Å². The van der Waals surface area contributed by atoms with Crippen molar-refractivity contribution < 1.29 is 0 Å². The van der Waals surface area contributed by atoms with E-state index in [0.29, 0.717) is 0 Å². The molecule has 3 rings (SSSR count). The summed E-state index contributed by atoms with van der Waals surface area (Å²) in [6, 6.07) is 19.2. The van der Waals surface area contributed by atoms with Crippen LogP contribution in [0.2, 0.25) is 0 Å². The maximum absolute atomic E-state index is 4.54. The van der Waals surface area contributed by atoms with E-state index in [4.69, 9.17) is 0 Å². The predicted molar refractivity (Wildman–Crippen MR) is 103 cm³/mol. The van der Waals surface area contributed by atoms with E-state index < -0.39 is 0 Å². The molecule has 0 bridgehead atoms. The molecule has 0 saturated carbocycles. The zero-order valence-corrected chi connectivity index (χ0v) is 15.3. The summed E-state index contributed by atoms with van der Waals surface area (Å²) < 4.78 is 2.15. The van der Waals surface area contributed by atoms with Gasteiger partial charge in [-0.25, -0.2) is 4.98 Å². The standard InChI is InChI=1S/C21H26N4/c1-23(2)15-18-9-11-19(12-10-18)16-24(3)17-21-22-13-14-25(21)20-7-5-4-6-8-20/h4-14H,15-17H2,1-3H3. The quantitative estimate of drug-likeness (QED) is 0.660. The molecule has 2 aromatic carbocycles. The minimum atomic E-state index is 0.807. The molecule has 130 valence electrons. The molecule has 0 unspecified atom stereocenters. The number of aromatic nitrogens is 2. The molecule has 0 radical (unpaired) electrons. The largest absolute Gasteiger partial charge is 0.305 e. The molecule has 1 heterocycles. The van der Waals surface area contributed by atoms with Crippen LogP contribution in [0.15, 0.2) is 67.0 Å². The van der Waals surface area contributed by atoms with E-state index >= 15 is 0 Å². The third-order valence-corrected chi connectivity index (χ3v) is 4.14. The average molecular weight is 334 g/mol. The first-order chi connectivity index (χ1) is 12.1. The fourth-order valence-electron chi connectivity index (χ4n) is 3.00. The van der Waals surface area contributed by atoms with E-state index in [1.807, 2.05) is 18.5 Å². The smallest absolute Gasteiger partial charge is 0.127 e. The van der Waals surface area contributed by atoms with E-state index in [0.717, 1.165) is 31.1 Å². The Bertz CT molecular complexity index is 775. The number of hydrogen-bond acceptors (Lipinski definition) is 3. The van der Waals surface area contributed by atoms with Gasteiger partial charge in [-0.2, -0.15) is 0 Å². The van der Waals surface area contributed by atoms with Crippen molar-refractivity contribution >= 4 is 0 Å². The lowest BCUT2D eigenvalue weighted by Gasteiger charge is -2.18. The fourth-order valence-corrected chi connectivity index (χ4v) is 3.00. The number of hydrogen-bond donors (Lipinski definition) is 0. The molecular weight excluding hydrogens is 308 g/mol. The molecule has 0 saturated heterocycles. The minimum Gasteiger partial charge on any atom is -0.305 e. The van der Waals surface area contributed by atoms with Gasteiger partial charge in [0.05, 0.1) is 6.54 Å². The minimum absolute atomic E-state index is 0.807. The highest BCUT2D eigenvalue weighted by Crippen LogP contribution is 2.13. The van der Waals surface area contributed by atoms with Gasteiger partial charge in [0.2, 0.25) is 0 Å². The van der Waals surface area contributed by atoms with Crippen molar-refractivity contribution in [1.29, 1.82) is 0 Å². The van der Waals surface area contributed by atoms with Gasteiger partial charge >= 0.3 is 0 Å². The van der Waals surface area contributed by atoms with Crippen molar-refractivity contribution in [3.63, 3.8) is 0 Å². The Kier molecular flexibility index (Phi) is 5.64. The monoisotopic (exact) mass is 334 g/mol. The third kappa shape index (κ3) is 4.78. The number of imidazole rings is 1. The van der Waals surface area contributed by atoms with Crippen molar-refractivity contribution in [3.05, 3.63) is 83.9 Å². The maximum atomic E-state index is 4.54. The summed E-state index contributed by atoms with van der Waals surface area (Å²) in [7, 11) is 6.32. The Labute approximate surface area is 150 Å². The molecule has 0 fully saturated rings. The van der Waals surface area contributed by atoms with Gasteiger partial charge in [-0.3, -0.25) is 4.90 Å². The van der Waals surface area contributed by atoms with Crippen LogP contribution in [0, 0.1) is 0 Å². The molecule has 0 atom stereocenters. The van der Waals surface area contributed by atoms with Gasteiger partial charge in [-0.05, 0) is 44.4 Å². The molecule has 4 nitrogen and oxygen atoms in total. The van der Waals surface area contributed by atoms with E-state index in [-0.39, 0.29) is 0 Å². The van der Waals surface area contributed by atoms with Crippen LogP contribution >= 0.6 is 0 Å². The predicted octanol–water partition coefficient (Wildman–Crippen LogP) is 3.57. The zero-order chi connectivity index (χ0) is 17.6. The van der Waals surface area contributed by atoms with Crippen molar-refractivity contribution in [2.75, 3.05) is 21.1 Å². The molecule has 0 aliphatic rings. The Balaban J connectivity index is 1.64.